The molecule has 4 rings (SSSR count). The zero-order chi connectivity index (χ0) is 23.6. The molecule has 6 heteroatoms. The molecule has 1 aliphatic rings. The maximum absolute atomic E-state index is 11.0. The molecule has 1 aliphatic heterocycles. The molecule has 0 unspecified atom stereocenters. The highest BCUT2D eigenvalue weighted by Crippen LogP contribution is 2.28. The average molecular weight is 465 g/mol. The molecule has 1 saturated heterocycles. The maximum Gasteiger partial charge on any atom is 0.115 e. The highest BCUT2D eigenvalue weighted by Gasteiger charge is 2.46. The number of benzene rings is 3. The van der Waals surface area contributed by atoms with Crippen molar-refractivity contribution in [3.8, 4) is 0 Å². The van der Waals surface area contributed by atoms with Crippen molar-refractivity contribution >= 4 is 0 Å². The highest BCUT2D eigenvalue weighted by molar-refractivity contribution is 5.15. The van der Waals surface area contributed by atoms with E-state index in [0.717, 1.165) is 16.7 Å². The van der Waals surface area contributed by atoms with Crippen LogP contribution in [0.2, 0.25) is 0 Å². The molecule has 0 radical (unpaired) electrons. The molecule has 0 amide bonds. The van der Waals surface area contributed by atoms with Crippen molar-refractivity contribution in [1.29, 1.82) is 0 Å². The van der Waals surface area contributed by atoms with Crippen molar-refractivity contribution < 1.29 is 29.2 Å². The van der Waals surface area contributed by atoms with Gasteiger partial charge in [-0.1, -0.05) is 91.0 Å². The summed E-state index contributed by atoms with van der Waals surface area (Å²) in [6.45, 7) is 0.985. The SMILES string of the molecule is OC[C@@H]1O[C@H](COCc2ccccc2)[C@@H](OCc2ccccc2)[C@H](OCc2ccccc2)[C@H]1O. The minimum atomic E-state index is -1.04. The first-order valence-electron chi connectivity index (χ1n) is 11.6. The van der Waals surface area contributed by atoms with Gasteiger partial charge in [0.1, 0.15) is 30.5 Å². The fraction of sp³-hybridized carbons (Fsp3) is 0.357. The molecular formula is C28H32O6. The lowest BCUT2D eigenvalue weighted by atomic mass is 9.94. The highest BCUT2D eigenvalue weighted by atomic mass is 16.6. The van der Waals surface area contributed by atoms with Gasteiger partial charge in [0.25, 0.3) is 0 Å². The van der Waals surface area contributed by atoms with Crippen LogP contribution in [0.5, 0.6) is 0 Å². The lowest BCUT2D eigenvalue weighted by Gasteiger charge is -2.44. The second-order valence-corrected chi connectivity index (χ2v) is 8.41. The van der Waals surface area contributed by atoms with Crippen LogP contribution in [0.3, 0.4) is 0 Å². The van der Waals surface area contributed by atoms with Crippen LogP contribution in [0.25, 0.3) is 0 Å². The second kappa shape index (κ2) is 12.8. The van der Waals surface area contributed by atoms with Crippen molar-refractivity contribution in [2.75, 3.05) is 13.2 Å². The van der Waals surface area contributed by atoms with Gasteiger partial charge in [0.2, 0.25) is 0 Å². The minimum Gasteiger partial charge on any atom is -0.394 e. The van der Waals surface area contributed by atoms with Gasteiger partial charge in [-0.15, -0.1) is 0 Å². The zero-order valence-corrected chi connectivity index (χ0v) is 19.1. The molecule has 6 nitrogen and oxygen atoms in total. The number of aliphatic hydroxyl groups excluding tert-OH is 2. The van der Waals surface area contributed by atoms with Crippen LogP contribution in [0, 0.1) is 0 Å². The lowest BCUT2D eigenvalue weighted by molar-refractivity contribution is -0.266. The van der Waals surface area contributed by atoms with Gasteiger partial charge >= 0.3 is 0 Å². The van der Waals surface area contributed by atoms with Gasteiger partial charge in [0.15, 0.2) is 0 Å². The molecule has 180 valence electrons. The summed E-state index contributed by atoms with van der Waals surface area (Å²) >= 11 is 0. The van der Waals surface area contributed by atoms with Crippen LogP contribution in [0.4, 0.5) is 0 Å². The Kier molecular flexibility index (Phi) is 9.21. The van der Waals surface area contributed by atoms with E-state index in [4.69, 9.17) is 18.9 Å². The number of aliphatic hydroxyl groups is 2. The van der Waals surface area contributed by atoms with Crippen molar-refractivity contribution in [1.82, 2.24) is 0 Å². The Balaban J connectivity index is 1.48. The molecule has 5 atom stereocenters. The van der Waals surface area contributed by atoms with Crippen LogP contribution in [0.15, 0.2) is 91.0 Å². The lowest BCUT2D eigenvalue weighted by Crippen LogP contribution is -2.61. The van der Waals surface area contributed by atoms with Crippen molar-refractivity contribution in [3.05, 3.63) is 108 Å². The summed E-state index contributed by atoms with van der Waals surface area (Å²) in [4.78, 5) is 0. The summed E-state index contributed by atoms with van der Waals surface area (Å²) in [6.07, 6.45) is -3.63. The molecule has 0 bridgehead atoms. The third kappa shape index (κ3) is 6.73. The van der Waals surface area contributed by atoms with Gasteiger partial charge in [-0.05, 0) is 16.7 Å². The number of ether oxygens (including phenoxy) is 4. The van der Waals surface area contributed by atoms with Crippen LogP contribution < -0.4 is 0 Å². The fourth-order valence-corrected chi connectivity index (χ4v) is 4.08. The van der Waals surface area contributed by atoms with E-state index < -0.39 is 30.5 Å². The molecule has 1 heterocycles. The molecule has 3 aromatic rings. The van der Waals surface area contributed by atoms with Gasteiger partial charge in [-0.2, -0.15) is 0 Å². The maximum atomic E-state index is 11.0. The van der Waals surface area contributed by atoms with E-state index in [-0.39, 0.29) is 13.2 Å². The molecule has 0 aromatic heterocycles. The fourth-order valence-electron chi connectivity index (χ4n) is 4.08. The van der Waals surface area contributed by atoms with Crippen molar-refractivity contribution in [2.24, 2.45) is 0 Å². The zero-order valence-electron chi connectivity index (χ0n) is 19.1. The standard InChI is InChI=1S/C28H32O6/c29-16-24-26(30)28(33-19-23-14-8-3-9-15-23)27(32-18-22-12-6-2-7-13-22)25(34-24)20-31-17-21-10-4-1-5-11-21/h1-15,24-30H,16-20H2/t24-,25+,26-,27+,28+/m0/s1. The Bertz CT molecular complexity index is 952. The van der Waals surface area contributed by atoms with E-state index in [1.165, 1.54) is 0 Å². The summed E-state index contributed by atoms with van der Waals surface area (Å²) in [5.74, 6) is 0. The van der Waals surface area contributed by atoms with Gasteiger partial charge in [-0.25, -0.2) is 0 Å². The summed E-state index contributed by atoms with van der Waals surface area (Å²) in [7, 11) is 0. The average Bonchev–Trinajstić information content (AvgIpc) is 2.89. The summed E-state index contributed by atoms with van der Waals surface area (Å²) in [5.41, 5.74) is 3.04. The van der Waals surface area contributed by atoms with E-state index in [2.05, 4.69) is 0 Å². The number of hydrogen-bond donors (Lipinski definition) is 2. The molecule has 2 N–H and O–H groups in total. The van der Waals surface area contributed by atoms with Gasteiger partial charge in [0.05, 0.1) is 33.0 Å². The largest absolute Gasteiger partial charge is 0.394 e. The van der Waals surface area contributed by atoms with Crippen LogP contribution in [-0.2, 0) is 38.8 Å². The van der Waals surface area contributed by atoms with E-state index in [9.17, 15) is 10.2 Å². The summed E-state index contributed by atoms with van der Waals surface area (Å²) in [5, 5.41) is 20.8. The Labute approximate surface area is 200 Å². The van der Waals surface area contributed by atoms with Gasteiger partial charge in [-0.3, -0.25) is 0 Å². The van der Waals surface area contributed by atoms with Crippen LogP contribution >= 0.6 is 0 Å². The Hall–Kier alpha value is -2.58. The second-order valence-electron chi connectivity index (χ2n) is 8.41. The molecule has 34 heavy (non-hydrogen) atoms. The first kappa shape index (κ1) is 24.5. The molecule has 1 fully saturated rings. The predicted octanol–water partition coefficient (Wildman–Crippen LogP) is 3.49. The Morgan fingerprint density at radius 2 is 1.09 bits per heavy atom. The molecule has 3 aromatic carbocycles. The predicted molar refractivity (Wildman–Crippen MR) is 128 cm³/mol. The van der Waals surface area contributed by atoms with Crippen LogP contribution in [0.1, 0.15) is 16.7 Å². The van der Waals surface area contributed by atoms with E-state index >= 15 is 0 Å². The first-order valence-corrected chi connectivity index (χ1v) is 11.6. The number of hydrogen-bond acceptors (Lipinski definition) is 6. The van der Waals surface area contributed by atoms with Gasteiger partial charge in [0, 0.05) is 0 Å². The monoisotopic (exact) mass is 464 g/mol. The van der Waals surface area contributed by atoms with E-state index in [1.54, 1.807) is 0 Å². The summed E-state index contributed by atoms with van der Waals surface area (Å²) < 4.78 is 24.5. The van der Waals surface area contributed by atoms with E-state index in [0.29, 0.717) is 19.8 Å². The van der Waals surface area contributed by atoms with E-state index in [1.807, 2.05) is 91.0 Å². The smallest absolute Gasteiger partial charge is 0.115 e. The van der Waals surface area contributed by atoms with Crippen molar-refractivity contribution in [2.45, 2.75) is 50.3 Å². The van der Waals surface area contributed by atoms with Crippen LogP contribution in [-0.4, -0.2) is 53.9 Å². The third-order valence-corrected chi connectivity index (χ3v) is 5.90. The Morgan fingerprint density at radius 3 is 1.59 bits per heavy atom. The quantitative estimate of drug-likeness (QED) is 0.452. The first-order chi connectivity index (χ1) is 16.7. The Morgan fingerprint density at radius 1 is 0.618 bits per heavy atom. The molecule has 0 aliphatic carbocycles. The molecule has 0 saturated carbocycles. The van der Waals surface area contributed by atoms with Crippen molar-refractivity contribution in [3.63, 3.8) is 0 Å². The number of rotatable bonds is 11. The molecular weight excluding hydrogens is 432 g/mol. The minimum absolute atomic E-state index is 0.239. The topological polar surface area (TPSA) is 77.4 Å². The molecule has 0 spiro atoms. The normalized spacial score (nSPS) is 24.7. The summed E-state index contributed by atoms with van der Waals surface area (Å²) in [6, 6.07) is 29.5. The van der Waals surface area contributed by atoms with Gasteiger partial charge < -0.3 is 29.2 Å². The third-order valence-electron chi connectivity index (χ3n) is 5.90.